The van der Waals surface area contributed by atoms with Crippen molar-refractivity contribution in [1.29, 1.82) is 5.26 Å². The van der Waals surface area contributed by atoms with Gasteiger partial charge in [-0.2, -0.15) is 5.26 Å². The predicted octanol–water partition coefficient (Wildman–Crippen LogP) is 2.89. The van der Waals surface area contributed by atoms with Gasteiger partial charge in [0, 0.05) is 0 Å². The van der Waals surface area contributed by atoms with E-state index >= 15 is 0 Å². The maximum atomic E-state index is 12.1. The molecule has 0 aliphatic heterocycles. The quantitative estimate of drug-likeness (QED) is 0.724. The third-order valence-corrected chi connectivity index (χ3v) is 4.24. The first-order valence-corrected chi connectivity index (χ1v) is 8.08. The highest BCUT2D eigenvalue weighted by molar-refractivity contribution is 7.99. The van der Waals surface area contributed by atoms with Gasteiger partial charge >= 0.3 is 5.16 Å². The molecule has 5 nitrogen and oxygen atoms in total. The summed E-state index contributed by atoms with van der Waals surface area (Å²) in [5.74, 6) is 0.100. The number of carbonyl (C=O) groups is 1. The zero-order valence-corrected chi connectivity index (χ0v) is 13.3. The molecule has 0 aliphatic rings. The number of H-pyrrole nitrogens is 2. The van der Waals surface area contributed by atoms with Crippen LogP contribution < -0.4 is 10.3 Å². The van der Waals surface area contributed by atoms with E-state index in [9.17, 15) is 4.79 Å². The highest BCUT2D eigenvalue weighted by atomic mass is 32.2. The summed E-state index contributed by atoms with van der Waals surface area (Å²) in [6.07, 6.45) is 0. The fourth-order valence-electron chi connectivity index (χ4n) is 2.23. The highest BCUT2D eigenvalue weighted by Gasteiger charge is 2.13. The Morgan fingerprint density at radius 3 is 3.00 bits per heavy atom. The Hall–Kier alpha value is -2.78. The maximum Gasteiger partial charge on any atom is 0.315 e. The molecule has 3 aromatic rings. The molecule has 0 spiro atoms. The number of nitriles is 1. The molecule has 0 bridgehead atoms. The molecular weight excluding hydrogens is 308 g/mol. The molecule has 1 heterocycles. The number of aromatic amines is 2. The molecule has 3 rings (SSSR count). The average molecular weight is 323 g/mol. The van der Waals surface area contributed by atoms with Gasteiger partial charge in [0.05, 0.1) is 17.0 Å². The molecule has 0 fully saturated rings. The largest absolute Gasteiger partial charge is 0.324 e. The first-order valence-electron chi connectivity index (χ1n) is 7.09. The Bertz CT molecular complexity index is 910. The van der Waals surface area contributed by atoms with Crippen LogP contribution in [-0.4, -0.2) is 16.6 Å². The van der Waals surface area contributed by atoms with E-state index in [0.29, 0.717) is 11.3 Å². The molecule has 6 heteroatoms. The lowest BCUT2D eigenvalue weighted by molar-refractivity contribution is -0.396. The molecule has 3 N–H and O–H groups in total. The van der Waals surface area contributed by atoms with Crippen LogP contribution in [0, 0.1) is 18.3 Å². The van der Waals surface area contributed by atoms with E-state index in [1.54, 1.807) is 24.3 Å². The second kappa shape index (κ2) is 6.55. The number of thioether (sulfide) groups is 1. The summed E-state index contributed by atoms with van der Waals surface area (Å²) in [6.45, 7) is 2.03. The van der Waals surface area contributed by atoms with Crippen molar-refractivity contribution in [2.75, 3.05) is 11.1 Å². The van der Waals surface area contributed by atoms with E-state index in [4.69, 9.17) is 5.26 Å². The summed E-state index contributed by atoms with van der Waals surface area (Å²) >= 11 is 1.39. The third kappa shape index (κ3) is 3.52. The van der Waals surface area contributed by atoms with Gasteiger partial charge in [-0.25, -0.2) is 9.97 Å². The van der Waals surface area contributed by atoms with E-state index in [1.807, 2.05) is 19.1 Å². The predicted molar refractivity (Wildman–Crippen MR) is 90.1 cm³/mol. The molecule has 0 saturated heterocycles. The van der Waals surface area contributed by atoms with Crippen LogP contribution in [0.1, 0.15) is 11.1 Å². The minimum Gasteiger partial charge on any atom is -0.324 e. The van der Waals surface area contributed by atoms with E-state index in [-0.39, 0.29) is 11.7 Å². The smallest absolute Gasteiger partial charge is 0.315 e. The van der Waals surface area contributed by atoms with Crippen molar-refractivity contribution in [3.63, 3.8) is 0 Å². The number of nitrogens with zero attached hydrogens (tertiary/aromatic N) is 1. The number of amides is 1. The standard InChI is InChI=1S/C17H14N4OS/c1-11-6-7-14-15(8-11)21-17(20-14)23-10-16(22)19-13-5-3-2-4-12(13)9-18/h2-8H,10H2,1H3,(H,19,22)(H,20,21)/p+1. The Morgan fingerprint density at radius 2 is 2.17 bits per heavy atom. The molecule has 114 valence electrons. The minimum absolute atomic E-state index is 0.152. The summed E-state index contributed by atoms with van der Waals surface area (Å²) in [7, 11) is 0. The lowest BCUT2D eigenvalue weighted by Crippen LogP contribution is -2.16. The molecule has 1 aromatic heterocycles. The monoisotopic (exact) mass is 323 g/mol. The average Bonchev–Trinajstić information content (AvgIpc) is 2.95. The Morgan fingerprint density at radius 1 is 1.35 bits per heavy atom. The first-order chi connectivity index (χ1) is 11.2. The second-order valence-corrected chi connectivity index (χ2v) is 6.11. The Labute approximate surface area is 137 Å². The molecular formula is C17H15N4OS+. The Balaban J connectivity index is 1.65. The van der Waals surface area contributed by atoms with Crippen LogP contribution in [0.15, 0.2) is 47.6 Å². The Kier molecular flexibility index (Phi) is 4.31. The number of aryl methyl sites for hydroxylation is 1. The van der Waals surface area contributed by atoms with Crippen molar-refractivity contribution < 1.29 is 9.78 Å². The van der Waals surface area contributed by atoms with Gasteiger partial charge in [-0.15, -0.1) is 0 Å². The number of anilines is 1. The van der Waals surface area contributed by atoms with Crippen molar-refractivity contribution >= 4 is 34.4 Å². The highest BCUT2D eigenvalue weighted by Crippen LogP contribution is 2.18. The van der Waals surface area contributed by atoms with Crippen molar-refractivity contribution in [2.45, 2.75) is 12.1 Å². The number of benzene rings is 2. The van der Waals surface area contributed by atoms with Gasteiger partial charge in [0.1, 0.15) is 6.07 Å². The maximum absolute atomic E-state index is 12.1. The number of hydrogen-bond donors (Lipinski definition) is 2. The van der Waals surface area contributed by atoms with E-state index < -0.39 is 0 Å². The lowest BCUT2D eigenvalue weighted by Gasteiger charge is -2.04. The fourth-order valence-corrected chi connectivity index (χ4v) is 2.94. The number of aromatic nitrogens is 2. The van der Waals surface area contributed by atoms with Crippen LogP contribution in [0.2, 0.25) is 0 Å². The summed E-state index contributed by atoms with van der Waals surface area (Å²) < 4.78 is 0. The van der Waals surface area contributed by atoms with Crippen LogP contribution in [-0.2, 0) is 4.79 Å². The molecule has 23 heavy (non-hydrogen) atoms. The third-order valence-electron chi connectivity index (χ3n) is 3.34. The van der Waals surface area contributed by atoms with Crippen LogP contribution in [0.4, 0.5) is 5.69 Å². The van der Waals surface area contributed by atoms with Crippen LogP contribution >= 0.6 is 11.8 Å². The van der Waals surface area contributed by atoms with Crippen molar-refractivity contribution in [2.24, 2.45) is 0 Å². The number of hydrogen-bond acceptors (Lipinski definition) is 3. The van der Waals surface area contributed by atoms with E-state index in [2.05, 4.69) is 27.4 Å². The zero-order chi connectivity index (χ0) is 16.2. The lowest BCUT2D eigenvalue weighted by atomic mass is 10.2. The van der Waals surface area contributed by atoms with Gasteiger partial charge in [0.2, 0.25) is 5.91 Å². The number of carbonyl (C=O) groups excluding carboxylic acids is 1. The first kappa shape index (κ1) is 15.1. The van der Waals surface area contributed by atoms with Gasteiger partial charge in [0.25, 0.3) is 0 Å². The summed E-state index contributed by atoms with van der Waals surface area (Å²) in [6, 6.07) is 15.1. The summed E-state index contributed by atoms with van der Waals surface area (Å²) in [5, 5.41) is 12.6. The van der Waals surface area contributed by atoms with Gasteiger partial charge in [-0.1, -0.05) is 18.2 Å². The van der Waals surface area contributed by atoms with Gasteiger partial charge in [0.15, 0.2) is 11.0 Å². The summed E-state index contributed by atoms with van der Waals surface area (Å²) in [5.41, 5.74) is 4.20. The topological polar surface area (TPSA) is 82.8 Å². The number of para-hydroxylation sites is 1. The molecule has 0 aliphatic carbocycles. The van der Waals surface area contributed by atoms with Crippen LogP contribution in [0.3, 0.4) is 0 Å². The molecule has 0 radical (unpaired) electrons. The van der Waals surface area contributed by atoms with Gasteiger partial charge < -0.3 is 5.32 Å². The SMILES string of the molecule is Cc1ccc2[nH+]c(SCC(=O)Nc3ccccc3C#N)[nH]c2c1. The van der Waals surface area contributed by atoms with Gasteiger partial charge in [-0.3, -0.25) is 4.79 Å². The molecule has 2 aromatic carbocycles. The second-order valence-electron chi connectivity index (χ2n) is 5.12. The summed E-state index contributed by atoms with van der Waals surface area (Å²) in [4.78, 5) is 18.5. The van der Waals surface area contributed by atoms with Crippen molar-refractivity contribution in [3.8, 4) is 6.07 Å². The number of rotatable bonds is 4. The number of imidazole rings is 1. The molecule has 0 atom stereocenters. The fraction of sp³-hybridized carbons (Fsp3) is 0.118. The molecule has 0 saturated carbocycles. The number of nitrogens with one attached hydrogen (secondary N) is 3. The van der Waals surface area contributed by atoms with Crippen molar-refractivity contribution in [1.82, 2.24) is 4.98 Å². The normalized spacial score (nSPS) is 10.4. The zero-order valence-electron chi connectivity index (χ0n) is 12.5. The number of fused-ring (bicyclic) bond motifs is 1. The van der Waals surface area contributed by atoms with E-state index in [0.717, 1.165) is 16.2 Å². The van der Waals surface area contributed by atoms with Crippen molar-refractivity contribution in [3.05, 3.63) is 53.6 Å². The van der Waals surface area contributed by atoms with E-state index in [1.165, 1.54) is 17.3 Å². The van der Waals surface area contributed by atoms with Crippen LogP contribution in [0.5, 0.6) is 0 Å². The molecule has 1 amide bonds. The van der Waals surface area contributed by atoms with Gasteiger partial charge in [-0.05, 0) is 48.5 Å². The molecule has 0 unspecified atom stereocenters. The minimum atomic E-state index is -0.152. The van der Waals surface area contributed by atoms with Crippen LogP contribution in [0.25, 0.3) is 11.0 Å².